The van der Waals surface area contributed by atoms with Crippen LogP contribution in [0.4, 0.5) is 4.39 Å². The largest absolute Gasteiger partial charge is 0.459 e. The lowest BCUT2D eigenvalue weighted by Gasteiger charge is -2.19. The van der Waals surface area contributed by atoms with E-state index in [1.165, 1.54) is 6.07 Å². The minimum atomic E-state index is -0.493. The minimum Gasteiger partial charge on any atom is -0.459 e. The smallest absolute Gasteiger partial charge is 0.316 e. The van der Waals surface area contributed by atoms with Crippen molar-refractivity contribution < 1.29 is 13.9 Å². The zero-order chi connectivity index (χ0) is 12.2. The topological polar surface area (TPSA) is 26.3 Å². The quantitative estimate of drug-likeness (QED) is 0.601. The van der Waals surface area contributed by atoms with Gasteiger partial charge in [0.1, 0.15) is 11.4 Å². The monoisotopic (exact) mass is 242 g/mol. The molecule has 2 nitrogen and oxygen atoms in total. The Kier molecular flexibility index (Phi) is 4.35. The summed E-state index contributed by atoms with van der Waals surface area (Å²) in [5, 5.41) is 0. The summed E-state index contributed by atoms with van der Waals surface area (Å²) in [4.78, 5) is 11.8. The molecule has 0 spiro atoms. The summed E-state index contributed by atoms with van der Waals surface area (Å²) in [6.45, 7) is 5.41. The van der Waals surface area contributed by atoms with Gasteiger partial charge in [-0.15, -0.1) is 11.8 Å². The van der Waals surface area contributed by atoms with Crippen LogP contribution in [0.1, 0.15) is 20.8 Å². The highest BCUT2D eigenvalue weighted by Crippen LogP contribution is 2.21. The third-order valence-corrected chi connectivity index (χ3v) is 2.62. The van der Waals surface area contributed by atoms with Crippen LogP contribution in [0.3, 0.4) is 0 Å². The summed E-state index contributed by atoms with van der Waals surface area (Å²) in [7, 11) is 0. The summed E-state index contributed by atoms with van der Waals surface area (Å²) in [5.41, 5.74) is -0.493. The van der Waals surface area contributed by atoms with Gasteiger partial charge in [-0.25, -0.2) is 4.39 Å². The molecule has 0 amide bonds. The van der Waals surface area contributed by atoms with Crippen molar-refractivity contribution in [2.45, 2.75) is 31.3 Å². The number of halogens is 1. The molecular weight excluding hydrogens is 227 g/mol. The van der Waals surface area contributed by atoms with E-state index in [0.29, 0.717) is 4.90 Å². The first-order chi connectivity index (χ1) is 7.38. The number of carbonyl (C=O) groups is 1. The highest BCUT2D eigenvalue weighted by Gasteiger charge is 2.16. The van der Waals surface area contributed by atoms with Crippen molar-refractivity contribution in [1.82, 2.24) is 0 Å². The predicted molar refractivity (Wildman–Crippen MR) is 63.0 cm³/mol. The Bertz CT molecular complexity index is 372. The van der Waals surface area contributed by atoms with E-state index in [0.717, 1.165) is 11.8 Å². The first-order valence-electron chi connectivity index (χ1n) is 4.98. The van der Waals surface area contributed by atoms with Crippen molar-refractivity contribution in [3.63, 3.8) is 0 Å². The molecule has 4 heteroatoms. The van der Waals surface area contributed by atoms with E-state index in [1.807, 2.05) is 0 Å². The molecular formula is C12H15FO2S. The van der Waals surface area contributed by atoms with E-state index < -0.39 is 5.60 Å². The fraction of sp³-hybridized carbons (Fsp3) is 0.417. The number of rotatable bonds is 3. The molecule has 0 bridgehead atoms. The predicted octanol–water partition coefficient (Wildman–Crippen LogP) is 3.26. The maximum absolute atomic E-state index is 13.2. The van der Waals surface area contributed by atoms with E-state index in [-0.39, 0.29) is 17.5 Å². The highest BCUT2D eigenvalue weighted by molar-refractivity contribution is 8.00. The molecule has 88 valence electrons. The summed E-state index contributed by atoms with van der Waals surface area (Å²) in [5.74, 6) is -0.519. The van der Waals surface area contributed by atoms with Crippen molar-refractivity contribution >= 4 is 17.7 Å². The molecule has 0 aromatic heterocycles. The molecule has 0 heterocycles. The Morgan fingerprint density at radius 1 is 1.38 bits per heavy atom. The van der Waals surface area contributed by atoms with E-state index in [9.17, 15) is 9.18 Å². The first kappa shape index (κ1) is 13.0. The lowest BCUT2D eigenvalue weighted by Crippen LogP contribution is -2.24. The maximum Gasteiger partial charge on any atom is 0.316 e. The molecule has 0 fully saturated rings. The van der Waals surface area contributed by atoms with Crippen molar-refractivity contribution in [1.29, 1.82) is 0 Å². The lowest BCUT2D eigenvalue weighted by atomic mass is 10.2. The number of esters is 1. The molecule has 0 atom stereocenters. The normalized spacial score (nSPS) is 11.2. The van der Waals surface area contributed by atoms with E-state index in [1.54, 1.807) is 39.0 Å². The maximum atomic E-state index is 13.2. The lowest BCUT2D eigenvalue weighted by molar-refractivity contribution is -0.151. The van der Waals surface area contributed by atoms with Crippen LogP contribution in [0.5, 0.6) is 0 Å². The molecule has 0 aliphatic heterocycles. The highest BCUT2D eigenvalue weighted by atomic mass is 32.2. The third-order valence-electron chi connectivity index (χ3n) is 1.60. The third kappa shape index (κ3) is 4.66. The average Bonchev–Trinajstić information content (AvgIpc) is 2.14. The molecule has 16 heavy (non-hydrogen) atoms. The van der Waals surface area contributed by atoms with E-state index in [4.69, 9.17) is 4.74 Å². The Morgan fingerprint density at radius 3 is 2.56 bits per heavy atom. The first-order valence-corrected chi connectivity index (χ1v) is 5.96. The molecule has 0 saturated heterocycles. The van der Waals surface area contributed by atoms with E-state index >= 15 is 0 Å². The number of carbonyl (C=O) groups excluding carboxylic acids is 1. The summed E-state index contributed by atoms with van der Waals surface area (Å²) in [6, 6.07) is 6.37. The zero-order valence-electron chi connectivity index (χ0n) is 9.62. The van der Waals surface area contributed by atoms with Gasteiger partial charge < -0.3 is 4.74 Å². The van der Waals surface area contributed by atoms with Gasteiger partial charge in [0.2, 0.25) is 0 Å². The van der Waals surface area contributed by atoms with Gasteiger partial charge in [0.25, 0.3) is 0 Å². The van der Waals surface area contributed by atoms with Crippen LogP contribution in [-0.4, -0.2) is 17.3 Å². The molecule has 0 aliphatic rings. The Hall–Kier alpha value is -1.03. The SMILES string of the molecule is CC(C)(C)OC(=O)CSc1ccccc1F. The summed E-state index contributed by atoms with van der Waals surface area (Å²) >= 11 is 1.15. The standard InChI is InChI=1S/C12H15FO2S/c1-12(2,3)15-11(14)8-16-10-7-5-4-6-9(10)13/h4-7H,8H2,1-3H3. The second-order valence-electron chi connectivity index (χ2n) is 4.31. The van der Waals surface area contributed by atoms with Crippen LogP contribution in [-0.2, 0) is 9.53 Å². The Labute approximate surface area is 99.2 Å². The number of benzene rings is 1. The van der Waals surface area contributed by atoms with Gasteiger partial charge in [0.15, 0.2) is 0 Å². The zero-order valence-corrected chi connectivity index (χ0v) is 10.4. The van der Waals surface area contributed by atoms with Gasteiger partial charge >= 0.3 is 5.97 Å². The molecule has 0 unspecified atom stereocenters. The molecule has 1 aromatic rings. The second-order valence-corrected chi connectivity index (χ2v) is 5.32. The fourth-order valence-electron chi connectivity index (χ4n) is 1.07. The molecule has 1 aromatic carbocycles. The van der Waals surface area contributed by atoms with Crippen molar-refractivity contribution in [3.05, 3.63) is 30.1 Å². The van der Waals surface area contributed by atoms with E-state index in [2.05, 4.69) is 0 Å². The molecule has 0 N–H and O–H groups in total. The van der Waals surface area contributed by atoms with Crippen LogP contribution in [0.2, 0.25) is 0 Å². The fourth-order valence-corrected chi connectivity index (χ4v) is 1.78. The summed E-state index contributed by atoms with van der Waals surface area (Å²) < 4.78 is 18.3. The molecule has 0 aliphatic carbocycles. The average molecular weight is 242 g/mol. The molecule has 0 saturated carbocycles. The number of thioether (sulfide) groups is 1. The Balaban J connectivity index is 2.47. The number of hydrogen-bond acceptors (Lipinski definition) is 3. The number of hydrogen-bond donors (Lipinski definition) is 0. The van der Waals surface area contributed by atoms with Crippen LogP contribution in [0, 0.1) is 5.82 Å². The molecule has 1 rings (SSSR count). The van der Waals surface area contributed by atoms with Gasteiger partial charge in [-0.05, 0) is 32.9 Å². The van der Waals surface area contributed by atoms with Gasteiger partial charge in [-0.3, -0.25) is 4.79 Å². The van der Waals surface area contributed by atoms with Crippen molar-refractivity contribution in [3.8, 4) is 0 Å². The van der Waals surface area contributed by atoms with Crippen LogP contribution >= 0.6 is 11.8 Å². The Morgan fingerprint density at radius 2 is 2.00 bits per heavy atom. The van der Waals surface area contributed by atoms with Gasteiger partial charge in [-0.1, -0.05) is 12.1 Å². The van der Waals surface area contributed by atoms with Crippen LogP contribution < -0.4 is 0 Å². The minimum absolute atomic E-state index is 0.123. The van der Waals surface area contributed by atoms with Crippen molar-refractivity contribution in [2.75, 3.05) is 5.75 Å². The van der Waals surface area contributed by atoms with Crippen molar-refractivity contribution in [2.24, 2.45) is 0 Å². The van der Waals surface area contributed by atoms with Gasteiger partial charge in [-0.2, -0.15) is 0 Å². The number of ether oxygens (including phenoxy) is 1. The van der Waals surface area contributed by atoms with Crippen LogP contribution in [0.15, 0.2) is 29.2 Å². The van der Waals surface area contributed by atoms with Gasteiger partial charge in [0, 0.05) is 4.90 Å². The second kappa shape index (κ2) is 5.34. The van der Waals surface area contributed by atoms with Gasteiger partial charge in [0.05, 0.1) is 5.75 Å². The summed E-state index contributed by atoms with van der Waals surface area (Å²) in [6.07, 6.45) is 0. The molecule has 0 radical (unpaired) electrons. The van der Waals surface area contributed by atoms with Crippen LogP contribution in [0.25, 0.3) is 0 Å².